The van der Waals surface area contributed by atoms with E-state index in [2.05, 4.69) is 10.3 Å². The third-order valence-corrected chi connectivity index (χ3v) is 3.15. The summed E-state index contributed by atoms with van der Waals surface area (Å²) in [6, 6.07) is 6.41. The van der Waals surface area contributed by atoms with Gasteiger partial charge in [0.25, 0.3) is 0 Å². The van der Waals surface area contributed by atoms with Crippen LogP contribution >= 0.6 is 0 Å². The number of anilines is 1. The van der Waals surface area contributed by atoms with Crippen LogP contribution in [0.2, 0.25) is 0 Å². The van der Waals surface area contributed by atoms with Crippen molar-refractivity contribution in [3.63, 3.8) is 0 Å². The Morgan fingerprint density at radius 3 is 3.10 bits per heavy atom. The van der Waals surface area contributed by atoms with Crippen LogP contribution < -0.4 is 10.1 Å². The van der Waals surface area contributed by atoms with Crippen LogP contribution in [0.25, 0.3) is 11.3 Å². The van der Waals surface area contributed by atoms with E-state index in [-0.39, 0.29) is 11.7 Å². The van der Waals surface area contributed by atoms with Crippen LogP contribution in [0.3, 0.4) is 0 Å². The van der Waals surface area contributed by atoms with Crippen molar-refractivity contribution in [2.45, 2.75) is 13.3 Å². The summed E-state index contributed by atoms with van der Waals surface area (Å²) in [5, 5.41) is 2.70. The molecule has 2 aromatic rings. The molecule has 0 saturated heterocycles. The number of carbonyl (C=O) groups excluding carboxylic acids is 1. The lowest BCUT2D eigenvalue weighted by molar-refractivity contribution is -0.115. The van der Waals surface area contributed by atoms with Gasteiger partial charge in [-0.3, -0.25) is 9.78 Å². The number of carbonyl (C=O) groups is 1. The zero-order chi connectivity index (χ0) is 14.1. The Kier molecular flexibility index (Phi) is 3.10. The number of nitrogens with zero attached hydrogens (tertiary/aromatic N) is 1. The van der Waals surface area contributed by atoms with Crippen LogP contribution in [0.4, 0.5) is 10.1 Å². The summed E-state index contributed by atoms with van der Waals surface area (Å²) in [6.45, 7) is 2.29. The number of benzene rings is 1. The van der Waals surface area contributed by atoms with E-state index in [4.69, 9.17) is 4.74 Å². The quantitative estimate of drug-likeness (QED) is 0.934. The molecule has 0 saturated carbocycles. The molecular weight excluding hydrogens is 259 g/mol. The molecule has 1 aromatic heterocycles. The number of hydrogen-bond donors (Lipinski definition) is 1. The standard InChI is InChI=1S/C15H13FN2O2/c1-2-20-13-5-3-4-10(16)15(13)11-6-9-7-14(19)18-12(9)8-17-11/h3-6,8H,2,7H2,1H3,(H,18,19). The Labute approximate surface area is 115 Å². The molecule has 4 nitrogen and oxygen atoms in total. The van der Waals surface area contributed by atoms with Crippen molar-refractivity contribution < 1.29 is 13.9 Å². The summed E-state index contributed by atoms with van der Waals surface area (Å²) < 4.78 is 19.5. The normalized spacial score (nSPS) is 13.0. The van der Waals surface area contributed by atoms with Gasteiger partial charge in [0, 0.05) is 0 Å². The lowest BCUT2D eigenvalue weighted by atomic mass is 10.1. The summed E-state index contributed by atoms with van der Waals surface area (Å²) in [6.07, 6.45) is 1.85. The Morgan fingerprint density at radius 2 is 2.30 bits per heavy atom. The van der Waals surface area contributed by atoms with Gasteiger partial charge in [-0.25, -0.2) is 4.39 Å². The van der Waals surface area contributed by atoms with E-state index in [0.29, 0.717) is 35.7 Å². The van der Waals surface area contributed by atoms with E-state index in [1.807, 2.05) is 6.92 Å². The van der Waals surface area contributed by atoms with Gasteiger partial charge in [0.05, 0.1) is 36.2 Å². The first-order chi connectivity index (χ1) is 9.69. The zero-order valence-electron chi connectivity index (χ0n) is 10.9. The second kappa shape index (κ2) is 4.92. The van der Waals surface area contributed by atoms with Crippen LogP contribution in [0.5, 0.6) is 5.75 Å². The summed E-state index contributed by atoms with van der Waals surface area (Å²) in [5.41, 5.74) is 2.32. The number of rotatable bonds is 3. The minimum absolute atomic E-state index is 0.0717. The molecule has 0 atom stereocenters. The fourth-order valence-electron chi connectivity index (χ4n) is 2.29. The van der Waals surface area contributed by atoms with Crippen LogP contribution in [-0.2, 0) is 11.2 Å². The fraction of sp³-hybridized carbons (Fsp3) is 0.200. The molecule has 1 N–H and O–H groups in total. The van der Waals surface area contributed by atoms with Crippen molar-refractivity contribution in [1.29, 1.82) is 0 Å². The average Bonchev–Trinajstić information content (AvgIpc) is 2.78. The maximum atomic E-state index is 14.1. The Balaban J connectivity index is 2.10. The predicted molar refractivity (Wildman–Crippen MR) is 73.1 cm³/mol. The summed E-state index contributed by atoms with van der Waals surface area (Å²) in [5.74, 6) is -0.00423. The first kappa shape index (κ1) is 12.6. The van der Waals surface area contributed by atoms with Gasteiger partial charge >= 0.3 is 0 Å². The molecule has 2 heterocycles. The maximum Gasteiger partial charge on any atom is 0.228 e. The van der Waals surface area contributed by atoms with Crippen molar-refractivity contribution in [2.24, 2.45) is 0 Å². The fourth-order valence-corrected chi connectivity index (χ4v) is 2.29. The highest BCUT2D eigenvalue weighted by molar-refractivity contribution is 5.99. The Bertz CT molecular complexity index is 686. The van der Waals surface area contributed by atoms with Crippen molar-refractivity contribution in [3.05, 3.63) is 41.8 Å². The Hall–Kier alpha value is -2.43. The van der Waals surface area contributed by atoms with Gasteiger partial charge in [-0.2, -0.15) is 0 Å². The number of hydrogen-bond acceptors (Lipinski definition) is 3. The largest absolute Gasteiger partial charge is 0.493 e. The van der Waals surface area contributed by atoms with E-state index in [1.54, 1.807) is 24.4 Å². The van der Waals surface area contributed by atoms with E-state index < -0.39 is 0 Å². The van der Waals surface area contributed by atoms with E-state index in [0.717, 1.165) is 5.56 Å². The molecule has 0 radical (unpaired) electrons. The van der Waals surface area contributed by atoms with Gasteiger partial charge < -0.3 is 10.1 Å². The molecule has 1 aliphatic heterocycles. The smallest absolute Gasteiger partial charge is 0.228 e. The molecule has 0 bridgehead atoms. The third-order valence-electron chi connectivity index (χ3n) is 3.15. The van der Waals surface area contributed by atoms with Crippen molar-refractivity contribution >= 4 is 11.6 Å². The maximum absolute atomic E-state index is 14.1. The highest BCUT2D eigenvalue weighted by Gasteiger charge is 2.21. The van der Waals surface area contributed by atoms with Crippen molar-refractivity contribution in [1.82, 2.24) is 4.98 Å². The van der Waals surface area contributed by atoms with Crippen molar-refractivity contribution in [2.75, 3.05) is 11.9 Å². The van der Waals surface area contributed by atoms with Crippen LogP contribution in [0, 0.1) is 5.82 Å². The topological polar surface area (TPSA) is 51.2 Å². The van der Waals surface area contributed by atoms with Gasteiger partial charge in [-0.05, 0) is 30.7 Å². The molecule has 1 amide bonds. The summed E-state index contributed by atoms with van der Waals surface area (Å²) >= 11 is 0. The predicted octanol–water partition coefficient (Wildman–Crippen LogP) is 2.78. The molecule has 20 heavy (non-hydrogen) atoms. The second-order valence-electron chi connectivity index (χ2n) is 4.50. The number of aromatic nitrogens is 1. The van der Waals surface area contributed by atoms with Crippen LogP contribution in [-0.4, -0.2) is 17.5 Å². The second-order valence-corrected chi connectivity index (χ2v) is 4.50. The van der Waals surface area contributed by atoms with Crippen LogP contribution in [0.1, 0.15) is 12.5 Å². The van der Waals surface area contributed by atoms with Crippen molar-refractivity contribution in [3.8, 4) is 17.0 Å². The van der Waals surface area contributed by atoms with Gasteiger partial charge in [0.1, 0.15) is 11.6 Å². The van der Waals surface area contributed by atoms with Gasteiger partial charge in [0.2, 0.25) is 5.91 Å². The molecule has 1 aliphatic rings. The summed E-state index contributed by atoms with van der Waals surface area (Å²) in [4.78, 5) is 15.6. The van der Waals surface area contributed by atoms with Gasteiger partial charge in [0.15, 0.2) is 0 Å². The number of amides is 1. The number of nitrogens with one attached hydrogen (secondary N) is 1. The third kappa shape index (κ3) is 2.11. The number of fused-ring (bicyclic) bond motifs is 1. The minimum atomic E-state index is -0.388. The average molecular weight is 272 g/mol. The SMILES string of the molecule is CCOc1cccc(F)c1-c1cc2c(cn1)NC(=O)C2. The highest BCUT2D eigenvalue weighted by atomic mass is 19.1. The molecule has 5 heteroatoms. The van der Waals surface area contributed by atoms with Gasteiger partial charge in [-0.1, -0.05) is 6.07 Å². The van der Waals surface area contributed by atoms with E-state index >= 15 is 0 Å². The lowest BCUT2D eigenvalue weighted by Gasteiger charge is -2.11. The highest BCUT2D eigenvalue weighted by Crippen LogP contribution is 2.34. The molecule has 0 aliphatic carbocycles. The monoisotopic (exact) mass is 272 g/mol. The lowest BCUT2D eigenvalue weighted by Crippen LogP contribution is -2.03. The molecule has 102 valence electrons. The first-order valence-corrected chi connectivity index (χ1v) is 6.39. The van der Waals surface area contributed by atoms with E-state index in [9.17, 15) is 9.18 Å². The zero-order valence-corrected chi connectivity index (χ0v) is 10.9. The number of halogens is 1. The molecule has 0 spiro atoms. The summed E-state index contributed by atoms with van der Waals surface area (Å²) in [7, 11) is 0. The number of pyridine rings is 1. The molecule has 0 fully saturated rings. The Morgan fingerprint density at radius 1 is 1.45 bits per heavy atom. The first-order valence-electron chi connectivity index (χ1n) is 6.39. The van der Waals surface area contributed by atoms with E-state index in [1.165, 1.54) is 6.07 Å². The molecular formula is C15H13FN2O2. The molecule has 1 aromatic carbocycles. The number of ether oxygens (including phenoxy) is 1. The van der Waals surface area contributed by atoms with Gasteiger partial charge in [-0.15, -0.1) is 0 Å². The molecule has 0 unspecified atom stereocenters. The minimum Gasteiger partial charge on any atom is -0.493 e. The molecule has 3 rings (SSSR count). The van der Waals surface area contributed by atoms with Crippen LogP contribution in [0.15, 0.2) is 30.5 Å².